The summed E-state index contributed by atoms with van der Waals surface area (Å²) in [6, 6.07) is 1.22. The predicted molar refractivity (Wildman–Crippen MR) is 114 cm³/mol. The van der Waals surface area contributed by atoms with Crippen molar-refractivity contribution in [1.29, 1.82) is 0 Å². The Labute approximate surface area is 201 Å². The molecule has 3 heterocycles. The molecular formula is C22H19ClF5N3O4. The van der Waals surface area contributed by atoms with Gasteiger partial charge in [0.15, 0.2) is 11.9 Å². The number of aryl methyl sites for hydroxylation is 1. The SMILES string of the molecule is Cc1cc(C(F)(F)F)cc(N2C(=O)[C@H]3OC(C)(C)O[C@H]3[C@H]2C(=O)N(C)c2cc(Cl)c(F)cc2F)n1. The summed E-state index contributed by atoms with van der Waals surface area (Å²) in [5, 5.41) is -0.463. The van der Waals surface area contributed by atoms with Gasteiger partial charge in [-0.05, 0) is 39.0 Å². The lowest BCUT2D eigenvalue weighted by atomic mass is 10.1. The van der Waals surface area contributed by atoms with Gasteiger partial charge in [-0.2, -0.15) is 13.2 Å². The Balaban J connectivity index is 1.82. The molecule has 0 radical (unpaired) electrons. The second-order valence-corrected chi connectivity index (χ2v) is 9.05. The van der Waals surface area contributed by atoms with Crippen LogP contribution in [-0.4, -0.2) is 47.9 Å². The molecule has 188 valence electrons. The number of amides is 2. The Morgan fingerprint density at radius 2 is 1.80 bits per heavy atom. The number of carbonyl (C=O) groups excluding carboxylic acids is 2. The Kier molecular flexibility index (Phi) is 6.05. The number of nitrogens with zero attached hydrogens (tertiary/aromatic N) is 3. The van der Waals surface area contributed by atoms with E-state index in [0.717, 1.165) is 29.0 Å². The van der Waals surface area contributed by atoms with Crippen LogP contribution in [0.25, 0.3) is 0 Å². The summed E-state index contributed by atoms with van der Waals surface area (Å²) in [5.74, 6) is -5.69. The van der Waals surface area contributed by atoms with Gasteiger partial charge in [0.1, 0.15) is 29.6 Å². The number of alkyl halides is 3. The molecule has 2 aliphatic heterocycles. The van der Waals surface area contributed by atoms with Crippen LogP contribution in [-0.2, 0) is 25.2 Å². The number of pyridine rings is 1. The fraction of sp³-hybridized carbons (Fsp3) is 0.409. The Morgan fingerprint density at radius 1 is 1.14 bits per heavy atom. The summed E-state index contributed by atoms with van der Waals surface area (Å²) < 4.78 is 79.8. The number of carbonyl (C=O) groups is 2. The van der Waals surface area contributed by atoms with Crippen molar-refractivity contribution in [3.05, 3.63) is 52.2 Å². The second kappa shape index (κ2) is 8.38. The molecule has 0 bridgehead atoms. The monoisotopic (exact) mass is 519 g/mol. The topological polar surface area (TPSA) is 72.0 Å². The van der Waals surface area contributed by atoms with E-state index in [1.165, 1.54) is 20.8 Å². The molecule has 2 aromatic rings. The van der Waals surface area contributed by atoms with Crippen molar-refractivity contribution in [3.8, 4) is 0 Å². The van der Waals surface area contributed by atoms with Gasteiger partial charge in [-0.15, -0.1) is 0 Å². The van der Waals surface area contributed by atoms with Gasteiger partial charge in [0, 0.05) is 18.8 Å². The molecule has 0 saturated carbocycles. The molecule has 13 heteroatoms. The molecule has 0 N–H and O–H groups in total. The van der Waals surface area contributed by atoms with E-state index < -0.39 is 75.8 Å². The molecular weight excluding hydrogens is 501 g/mol. The summed E-state index contributed by atoms with van der Waals surface area (Å²) >= 11 is 5.74. The van der Waals surface area contributed by atoms with Gasteiger partial charge in [-0.1, -0.05) is 11.6 Å². The molecule has 0 aliphatic carbocycles. The van der Waals surface area contributed by atoms with E-state index in [2.05, 4.69) is 4.98 Å². The molecule has 2 aliphatic rings. The lowest BCUT2D eigenvalue weighted by Crippen LogP contribution is -2.51. The Hall–Kier alpha value is -2.83. The van der Waals surface area contributed by atoms with Gasteiger partial charge in [0.2, 0.25) is 0 Å². The van der Waals surface area contributed by atoms with Crippen LogP contribution < -0.4 is 9.80 Å². The molecule has 3 atom stereocenters. The average Bonchev–Trinajstić information content (AvgIpc) is 3.19. The fourth-order valence-electron chi connectivity index (χ4n) is 4.16. The summed E-state index contributed by atoms with van der Waals surface area (Å²) in [5.41, 5.74) is -1.55. The van der Waals surface area contributed by atoms with Crippen LogP contribution in [0.4, 0.5) is 33.5 Å². The highest BCUT2D eigenvalue weighted by molar-refractivity contribution is 6.31. The van der Waals surface area contributed by atoms with Crippen LogP contribution in [0, 0.1) is 18.6 Å². The van der Waals surface area contributed by atoms with E-state index in [9.17, 15) is 31.5 Å². The minimum atomic E-state index is -4.75. The molecule has 0 unspecified atom stereocenters. The highest BCUT2D eigenvalue weighted by atomic mass is 35.5. The molecule has 2 saturated heterocycles. The molecule has 2 fully saturated rings. The van der Waals surface area contributed by atoms with Crippen LogP contribution in [0.15, 0.2) is 24.3 Å². The number of hydrogen-bond acceptors (Lipinski definition) is 5. The number of rotatable bonds is 3. The fourth-order valence-corrected chi connectivity index (χ4v) is 4.32. The third-order valence-electron chi connectivity index (χ3n) is 5.65. The number of likely N-dealkylation sites (N-methyl/N-ethyl adjacent to an activating group) is 1. The minimum Gasteiger partial charge on any atom is -0.341 e. The zero-order valence-corrected chi connectivity index (χ0v) is 19.5. The first-order valence-electron chi connectivity index (χ1n) is 10.3. The van der Waals surface area contributed by atoms with Crippen LogP contribution in [0.2, 0.25) is 5.02 Å². The van der Waals surface area contributed by atoms with Crippen LogP contribution in [0.3, 0.4) is 0 Å². The number of fused-ring (bicyclic) bond motifs is 1. The van der Waals surface area contributed by atoms with Crippen LogP contribution in [0.5, 0.6) is 0 Å². The number of anilines is 2. The van der Waals surface area contributed by atoms with E-state index in [0.29, 0.717) is 12.1 Å². The van der Waals surface area contributed by atoms with Crippen molar-refractivity contribution < 1.29 is 41.0 Å². The summed E-state index contributed by atoms with van der Waals surface area (Å²) in [4.78, 5) is 32.4. The van der Waals surface area contributed by atoms with Crippen molar-refractivity contribution in [1.82, 2.24) is 4.98 Å². The summed E-state index contributed by atoms with van der Waals surface area (Å²) in [6.45, 7) is 4.30. The zero-order valence-electron chi connectivity index (χ0n) is 18.8. The van der Waals surface area contributed by atoms with E-state index >= 15 is 0 Å². The molecule has 2 amide bonds. The lowest BCUT2D eigenvalue weighted by molar-refractivity contribution is -0.161. The second-order valence-electron chi connectivity index (χ2n) is 8.64. The molecule has 1 aromatic heterocycles. The van der Waals surface area contributed by atoms with Gasteiger partial charge in [0.05, 0.1) is 16.3 Å². The maximum absolute atomic E-state index is 14.5. The average molecular weight is 520 g/mol. The smallest absolute Gasteiger partial charge is 0.341 e. The molecule has 4 rings (SSSR count). The van der Waals surface area contributed by atoms with Crippen molar-refractivity contribution >= 4 is 34.9 Å². The largest absolute Gasteiger partial charge is 0.416 e. The number of benzene rings is 1. The molecule has 0 spiro atoms. The first-order chi connectivity index (χ1) is 16.1. The van der Waals surface area contributed by atoms with E-state index in [4.69, 9.17) is 21.1 Å². The molecule has 1 aromatic carbocycles. The van der Waals surface area contributed by atoms with Crippen molar-refractivity contribution in [3.63, 3.8) is 0 Å². The van der Waals surface area contributed by atoms with Gasteiger partial charge in [-0.3, -0.25) is 14.5 Å². The number of hydrogen-bond donors (Lipinski definition) is 0. The van der Waals surface area contributed by atoms with Gasteiger partial charge >= 0.3 is 6.18 Å². The Bertz CT molecular complexity index is 1220. The van der Waals surface area contributed by atoms with Gasteiger partial charge < -0.3 is 14.4 Å². The van der Waals surface area contributed by atoms with E-state index in [1.54, 1.807) is 0 Å². The normalized spacial score (nSPS) is 23.5. The van der Waals surface area contributed by atoms with Crippen molar-refractivity contribution in [2.75, 3.05) is 16.8 Å². The molecule has 35 heavy (non-hydrogen) atoms. The third-order valence-corrected chi connectivity index (χ3v) is 5.94. The highest BCUT2D eigenvalue weighted by Gasteiger charge is 2.61. The number of ether oxygens (including phenoxy) is 2. The van der Waals surface area contributed by atoms with Crippen molar-refractivity contribution in [2.45, 2.75) is 51.0 Å². The van der Waals surface area contributed by atoms with Crippen molar-refractivity contribution in [2.24, 2.45) is 0 Å². The van der Waals surface area contributed by atoms with E-state index in [-0.39, 0.29) is 5.69 Å². The summed E-state index contributed by atoms with van der Waals surface area (Å²) in [6.07, 6.45) is -7.32. The van der Waals surface area contributed by atoms with Gasteiger partial charge in [0.25, 0.3) is 11.8 Å². The summed E-state index contributed by atoms with van der Waals surface area (Å²) in [7, 11) is 1.15. The first kappa shape index (κ1) is 25.3. The zero-order chi connectivity index (χ0) is 26.0. The lowest BCUT2D eigenvalue weighted by Gasteiger charge is -2.31. The number of aromatic nitrogens is 1. The third kappa shape index (κ3) is 4.45. The maximum Gasteiger partial charge on any atom is 0.416 e. The number of halogens is 6. The van der Waals surface area contributed by atoms with Gasteiger partial charge in [-0.25, -0.2) is 13.8 Å². The highest BCUT2D eigenvalue weighted by Crippen LogP contribution is 2.42. The predicted octanol–water partition coefficient (Wildman–Crippen LogP) is 4.24. The molecule has 7 nitrogen and oxygen atoms in total. The van der Waals surface area contributed by atoms with Crippen LogP contribution >= 0.6 is 11.6 Å². The maximum atomic E-state index is 14.5. The standard InChI is InChI=1S/C22H19ClF5N3O4/c1-9-5-10(22(26,27)28)6-15(29-9)31-16(17-18(20(31)33)35-21(2,3)34-17)19(32)30(4)14-7-11(23)12(24)8-13(14)25/h5-8,16-18H,1-4H3/t16-,17-,18-/m0/s1. The minimum absolute atomic E-state index is 0.0576. The Morgan fingerprint density at radius 3 is 2.43 bits per heavy atom. The quantitative estimate of drug-likeness (QED) is 0.448. The first-order valence-corrected chi connectivity index (χ1v) is 10.7. The van der Waals surface area contributed by atoms with Crippen LogP contribution in [0.1, 0.15) is 25.1 Å². The van der Waals surface area contributed by atoms with E-state index in [1.807, 2.05) is 0 Å².